The minimum Gasteiger partial charge on any atom is -0.351 e. The molecule has 6 heteroatoms. The third-order valence-corrected chi connectivity index (χ3v) is 5.74. The fraction of sp³-hybridized carbons (Fsp3) is 0.391. The number of hydrogen-bond acceptors (Lipinski definition) is 3. The van der Waals surface area contributed by atoms with Crippen LogP contribution in [0.2, 0.25) is 0 Å². The van der Waals surface area contributed by atoms with Crippen LogP contribution in [0.1, 0.15) is 45.5 Å². The second-order valence-electron chi connectivity index (χ2n) is 7.72. The summed E-state index contributed by atoms with van der Waals surface area (Å²) in [5.41, 5.74) is 2.81. The number of amides is 2. The lowest BCUT2D eigenvalue weighted by atomic mass is 10.1. The lowest BCUT2D eigenvalue weighted by molar-refractivity contribution is 0.0944. The summed E-state index contributed by atoms with van der Waals surface area (Å²) in [6.07, 6.45) is 4.51. The molecule has 5 nitrogen and oxygen atoms in total. The van der Waals surface area contributed by atoms with E-state index in [1.54, 1.807) is 11.0 Å². The number of likely N-dealkylation sites (tertiary alicyclic amines) is 1. The minimum absolute atomic E-state index is 0.120. The van der Waals surface area contributed by atoms with Crippen LogP contribution in [0.3, 0.4) is 0 Å². The van der Waals surface area contributed by atoms with E-state index in [2.05, 4.69) is 10.2 Å². The summed E-state index contributed by atoms with van der Waals surface area (Å²) in [6.45, 7) is 4.26. The number of benzene rings is 2. The van der Waals surface area contributed by atoms with E-state index in [1.807, 2.05) is 12.1 Å². The number of rotatable bonds is 5. The van der Waals surface area contributed by atoms with Gasteiger partial charge < -0.3 is 15.1 Å². The zero-order valence-corrected chi connectivity index (χ0v) is 16.5. The molecule has 1 fully saturated rings. The summed E-state index contributed by atoms with van der Waals surface area (Å²) in [7, 11) is 0. The van der Waals surface area contributed by atoms with E-state index in [-0.39, 0.29) is 17.6 Å². The van der Waals surface area contributed by atoms with E-state index in [1.165, 1.54) is 43.5 Å². The molecule has 29 heavy (non-hydrogen) atoms. The van der Waals surface area contributed by atoms with Crippen LogP contribution in [0.25, 0.3) is 0 Å². The SMILES string of the molecule is O=C(NCCN1CCCCC1)c1ccc2c(c1)N(C(=O)c1ccc(F)cc1)CC2. The number of nitrogens with zero attached hydrogens (tertiary/aromatic N) is 2. The van der Waals surface area contributed by atoms with Gasteiger partial charge in [0.1, 0.15) is 5.82 Å². The van der Waals surface area contributed by atoms with Gasteiger partial charge in [-0.3, -0.25) is 9.59 Å². The molecule has 0 aliphatic carbocycles. The molecule has 2 aromatic rings. The van der Waals surface area contributed by atoms with Crippen molar-refractivity contribution < 1.29 is 14.0 Å². The van der Waals surface area contributed by atoms with Crippen LogP contribution in [0, 0.1) is 5.82 Å². The number of hydrogen-bond donors (Lipinski definition) is 1. The van der Waals surface area contributed by atoms with Gasteiger partial charge in [0.05, 0.1) is 0 Å². The standard InChI is InChI=1S/C23H26FN3O2/c24-20-8-6-18(7-9-20)23(29)27-14-10-17-4-5-19(16-21(17)27)22(28)25-11-15-26-12-2-1-3-13-26/h4-9,16H,1-3,10-15H2,(H,25,28). The Morgan fingerprint density at radius 1 is 0.931 bits per heavy atom. The van der Waals surface area contributed by atoms with Crippen molar-refractivity contribution in [2.75, 3.05) is 37.6 Å². The van der Waals surface area contributed by atoms with Gasteiger partial charge in [-0.05, 0) is 74.3 Å². The molecular weight excluding hydrogens is 369 g/mol. The van der Waals surface area contributed by atoms with Gasteiger partial charge in [0.15, 0.2) is 0 Å². The number of carbonyl (C=O) groups excluding carboxylic acids is 2. The summed E-state index contributed by atoms with van der Waals surface area (Å²) in [5, 5.41) is 2.99. The fourth-order valence-corrected chi connectivity index (χ4v) is 4.09. The van der Waals surface area contributed by atoms with Crippen molar-refractivity contribution in [2.45, 2.75) is 25.7 Å². The van der Waals surface area contributed by atoms with Gasteiger partial charge in [-0.25, -0.2) is 4.39 Å². The molecule has 2 aromatic carbocycles. The first-order chi connectivity index (χ1) is 14.1. The first-order valence-electron chi connectivity index (χ1n) is 10.3. The summed E-state index contributed by atoms with van der Waals surface area (Å²) in [5.74, 6) is -0.663. The smallest absolute Gasteiger partial charge is 0.258 e. The van der Waals surface area contributed by atoms with Crippen LogP contribution in [0.15, 0.2) is 42.5 Å². The van der Waals surface area contributed by atoms with E-state index in [0.717, 1.165) is 37.3 Å². The Balaban J connectivity index is 1.42. The number of halogens is 1. The average Bonchev–Trinajstić information content (AvgIpc) is 3.17. The van der Waals surface area contributed by atoms with Crippen molar-refractivity contribution in [3.8, 4) is 0 Å². The Hall–Kier alpha value is -2.73. The van der Waals surface area contributed by atoms with E-state index in [4.69, 9.17) is 0 Å². The minimum atomic E-state index is -0.369. The molecule has 0 unspecified atom stereocenters. The summed E-state index contributed by atoms with van der Waals surface area (Å²) >= 11 is 0. The second kappa shape index (κ2) is 8.74. The maximum absolute atomic E-state index is 13.2. The second-order valence-corrected chi connectivity index (χ2v) is 7.72. The molecular formula is C23H26FN3O2. The predicted molar refractivity (Wildman–Crippen MR) is 111 cm³/mol. The van der Waals surface area contributed by atoms with Gasteiger partial charge in [-0.2, -0.15) is 0 Å². The van der Waals surface area contributed by atoms with Crippen LogP contribution in [-0.4, -0.2) is 49.4 Å². The maximum Gasteiger partial charge on any atom is 0.258 e. The Bertz CT molecular complexity index is 891. The van der Waals surface area contributed by atoms with Crippen molar-refractivity contribution in [3.05, 3.63) is 65.0 Å². The molecule has 4 rings (SSSR count). The van der Waals surface area contributed by atoms with Crippen LogP contribution in [0.4, 0.5) is 10.1 Å². The summed E-state index contributed by atoms with van der Waals surface area (Å²) < 4.78 is 13.2. The summed E-state index contributed by atoms with van der Waals surface area (Å²) in [4.78, 5) is 29.5. The Labute approximate surface area is 170 Å². The number of fused-ring (bicyclic) bond motifs is 1. The van der Waals surface area contributed by atoms with Crippen molar-refractivity contribution in [2.24, 2.45) is 0 Å². The monoisotopic (exact) mass is 395 g/mol. The lowest BCUT2D eigenvalue weighted by Gasteiger charge is -2.26. The quantitative estimate of drug-likeness (QED) is 0.846. The molecule has 152 valence electrons. The molecule has 2 aliphatic heterocycles. The van der Waals surface area contributed by atoms with E-state index < -0.39 is 0 Å². The Morgan fingerprint density at radius 3 is 2.41 bits per heavy atom. The van der Waals surface area contributed by atoms with Crippen molar-refractivity contribution in [3.63, 3.8) is 0 Å². The zero-order valence-electron chi connectivity index (χ0n) is 16.5. The molecule has 0 bridgehead atoms. The van der Waals surface area contributed by atoms with E-state index in [0.29, 0.717) is 24.2 Å². The highest BCUT2D eigenvalue weighted by Gasteiger charge is 2.26. The molecule has 0 spiro atoms. The first kappa shape index (κ1) is 19.6. The van der Waals surface area contributed by atoms with E-state index >= 15 is 0 Å². The van der Waals surface area contributed by atoms with Gasteiger partial charge in [-0.1, -0.05) is 12.5 Å². The number of carbonyl (C=O) groups is 2. The van der Waals surface area contributed by atoms with E-state index in [9.17, 15) is 14.0 Å². The number of nitrogens with one attached hydrogen (secondary N) is 1. The van der Waals surface area contributed by atoms with Crippen LogP contribution in [0.5, 0.6) is 0 Å². The fourth-order valence-electron chi connectivity index (χ4n) is 4.09. The van der Waals surface area contributed by atoms with Gasteiger partial charge in [0.25, 0.3) is 11.8 Å². The Kier molecular flexibility index (Phi) is 5.90. The molecule has 2 aliphatic rings. The van der Waals surface area contributed by atoms with Gasteiger partial charge >= 0.3 is 0 Å². The normalized spacial score (nSPS) is 16.5. The topological polar surface area (TPSA) is 52.7 Å². The average molecular weight is 395 g/mol. The lowest BCUT2D eigenvalue weighted by Crippen LogP contribution is -2.37. The highest BCUT2D eigenvalue weighted by atomic mass is 19.1. The van der Waals surface area contributed by atoms with Gasteiger partial charge in [0, 0.05) is 36.4 Å². The molecule has 1 saturated heterocycles. The predicted octanol–water partition coefficient (Wildman–Crippen LogP) is 3.24. The molecule has 0 saturated carbocycles. The van der Waals surface area contributed by atoms with Crippen molar-refractivity contribution in [1.82, 2.24) is 10.2 Å². The first-order valence-corrected chi connectivity index (χ1v) is 10.3. The van der Waals surface area contributed by atoms with Crippen molar-refractivity contribution >= 4 is 17.5 Å². The molecule has 0 aromatic heterocycles. The highest BCUT2D eigenvalue weighted by molar-refractivity contribution is 6.08. The third-order valence-electron chi connectivity index (χ3n) is 5.74. The molecule has 0 atom stereocenters. The Morgan fingerprint density at radius 2 is 1.66 bits per heavy atom. The maximum atomic E-state index is 13.2. The molecule has 2 heterocycles. The van der Waals surface area contributed by atoms with Crippen molar-refractivity contribution in [1.29, 1.82) is 0 Å². The molecule has 2 amide bonds. The highest BCUT2D eigenvalue weighted by Crippen LogP contribution is 2.30. The molecule has 1 N–H and O–H groups in total. The van der Waals surface area contributed by atoms with Crippen LogP contribution >= 0.6 is 0 Å². The number of piperidine rings is 1. The zero-order chi connectivity index (χ0) is 20.2. The number of anilines is 1. The largest absolute Gasteiger partial charge is 0.351 e. The molecule has 0 radical (unpaired) electrons. The van der Waals surface area contributed by atoms with Gasteiger partial charge in [0.2, 0.25) is 0 Å². The van der Waals surface area contributed by atoms with Crippen LogP contribution in [-0.2, 0) is 6.42 Å². The summed E-state index contributed by atoms with van der Waals surface area (Å²) in [6, 6.07) is 11.1. The van der Waals surface area contributed by atoms with Gasteiger partial charge in [-0.15, -0.1) is 0 Å². The third kappa shape index (κ3) is 4.48. The van der Waals surface area contributed by atoms with Crippen LogP contribution < -0.4 is 10.2 Å².